The van der Waals surface area contributed by atoms with Gasteiger partial charge in [0.15, 0.2) is 0 Å². The predicted molar refractivity (Wildman–Crippen MR) is 72.6 cm³/mol. The SMILES string of the molecule is CCC(N)C(=O)N(C)CCOc1cccc(C)c1. The van der Waals surface area contributed by atoms with Crippen molar-refractivity contribution in [2.24, 2.45) is 5.73 Å². The molecule has 0 fully saturated rings. The molecule has 1 amide bonds. The lowest BCUT2D eigenvalue weighted by atomic mass is 10.2. The smallest absolute Gasteiger partial charge is 0.239 e. The summed E-state index contributed by atoms with van der Waals surface area (Å²) in [6, 6.07) is 7.44. The number of rotatable bonds is 6. The molecule has 0 aliphatic rings. The molecular weight excluding hydrogens is 228 g/mol. The average molecular weight is 250 g/mol. The molecule has 1 unspecified atom stereocenters. The van der Waals surface area contributed by atoms with Gasteiger partial charge in [0.05, 0.1) is 12.6 Å². The Bertz CT molecular complexity index is 393. The number of aryl methyl sites for hydroxylation is 1. The van der Waals surface area contributed by atoms with Gasteiger partial charge < -0.3 is 15.4 Å². The van der Waals surface area contributed by atoms with Gasteiger partial charge in [-0.05, 0) is 31.0 Å². The third-order valence-electron chi connectivity index (χ3n) is 2.82. The van der Waals surface area contributed by atoms with Crippen LogP contribution in [0.2, 0.25) is 0 Å². The van der Waals surface area contributed by atoms with E-state index in [1.807, 2.05) is 38.1 Å². The second-order valence-electron chi connectivity index (χ2n) is 4.44. The van der Waals surface area contributed by atoms with Crippen LogP contribution in [0.25, 0.3) is 0 Å². The van der Waals surface area contributed by atoms with Crippen molar-refractivity contribution in [3.8, 4) is 5.75 Å². The number of likely N-dealkylation sites (N-methyl/N-ethyl adjacent to an activating group) is 1. The number of hydrogen-bond acceptors (Lipinski definition) is 3. The third-order valence-corrected chi connectivity index (χ3v) is 2.82. The summed E-state index contributed by atoms with van der Waals surface area (Å²) in [5.74, 6) is 0.793. The van der Waals surface area contributed by atoms with Gasteiger partial charge in [0.25, 0.3) is 0 Å². The number of carbonyl (C=O) groups excluding carboxylic acids is 1. The lowest BCUT2D eigenvalue weighted by Crippen LogP contribution is -2.42. The molecule has 100 valence electrons. The van der Waals surface area contributed by atoms with Gasteiger partial charge in [-0.25, -0.2) is 0 Å². The summed E-state index contributed by atoms with van der Waals surface area (Å²) >= 11 is 0. The molecule has 1 atom stereocenters. The fourth-order valence-electron chi connectivity index (χ4n) is 1.57. The van der Waals surface area contributed by atoms with Crippen molar-refractivity contribution >= 4 is 5.91 Å². The van der Waals surface area contributed by atoms with E-state index in [1.54, 1.807) is 11.9 Å². The van der Waals surface area contributed by atoms with E-state index in [4.69, 9.17) is 10.5 Å². The fourth-order valence-corrected chi connectivity index (χ4v) is 1.57. The highest BCUT2D eigenvalue weighted by atomic mass is 16.5. The first-order valence-electron chi connectivity index (χ1n) is 6.24. The maximum absolute atomic E-state index is 11.7. The zero-order chi connectivity index (χ0) is 13.5. The summed E-state index contributed by atoms with van der Waals surface area (Å²) in [7, 11) is 1.75. The van der Waals surface area contributed by atoms with E-state index >= 15 is 0 Å². The second-order valence-corrected chi connectivity index (χ2v) is 4.44. The van der Waals surface area contributed by atoms with Crippen LogP contribution in [0.1, 0.15) is 18.9 Å². The Morgan fingerprint density at radius 1 is 1.50 bits per heavy atom. The Kier molecular flexibility index (Phi) is 5.65. The van der Waals surface area contributed by atoms with Crippen molar-refractivity contribution in [1.29, 1.82) is 0 Å². The van der Waals surface area contributed by atoms with Crippen LogP contribution in [-0.4, -0.2) is 37.0 Å². The number of nitrogens with zero attached hydrogens (tertiary/aromatic N) is 1. The molecule has 0 aliphatic carbocycles. The minimum Gasteiger partial charge on any atom is -0.492 e. The van der Waals surface area contributed by atoms with Gasteiger partial charge in [-0.15, -0.1) is 0 Å². The van der Waals surface area contributed by atoms with E-state index in [1.165, 1.54) is 0 Å². The van der Waals surface area contributed by atoms with E-state index in [2.05, 4.69) is 0 Å². The zero-order valence-corrected chi connectivity index (χ0v) is 11.3. The summed E-state index contributed by atoms with van der Waals surface area (Å²) in [4.78, 5) is 13.3. The van der Waals surface area contributed by atoms with Crippen molar-refractivity contribution < 1.29 is 9.53 Å². The van der Waals surface area contributed by atoms with Crippen LogP contribution in [0.5, 0.6) is 5.75 Å². The molecule has 0 aliphatic heterocycles. The molecule has 2 N–H and O–H groups in total. The lowest BCUT2D eigenvalue weighted by Gasteiger charge is -2.20. The first-order chi connectivity index (χ1) is 8.54. The highest BCUT2D eigenvalue weighted by Crippen LogP contribution is 2.12. The third kappa shape index (κ3) is 4.37. The van der Waals surface area contributed by atoms with Crippen LogP contribution in [0.4, 0.5) is 0 Å². The molecular formula is C14H22N2O2. The number of hydrogen-bond donors (Lipinski definition) is 1. The van der Waals surface area contributed by atoms with Gasteiger partial charge in [0.1, 0.15) is 12.4 Å². The van der Waals surface area contributed by atoms with Crippen molar-refractivity contribution in [1.82, 2.24) is 4.90 Å². The molecule has 0 bridgehead atoms. The van der Waals surface area contributed by atoms with Crippen LogP contribution in [0, 0.1) is 6.92 Å². The monoisotopic (exact) mass is 250 g/mol. The Morgan fingerprint density at radius 2 is 2.22 bits per heavy atom. The summed E-state index contributed by atoms with van der Waals surface area (Å²) in [6.45, 7) is 4.94. The summed E-state index contributed by atoms with van der Waals surface area (Å²) in [6.07, 6.45) is 0.655. The molecule has 0 heterocycles. The number of nitrogens with two attached hydrogens (primary N) is 1. The summed E-state index contributed by atoms with van der Waals surface area (Å²) in [5, 5.41) is 0. The Balaban J connectivity index is 2.35. The van der Waals surface area contributed by atoms with Gasteiger partial charge in [-0.1, -0.05) is 19.1 Å². The van der Waals surface area contributed by atoms with Gasteiger partial charge in [0, 0.05) is 7.05 Å². The molecule has 18 heavy (non-hydrogen) atoms. The predicted octanol–water partition coefficient (Wildman–Crippen LogP) is 1.57. The van der Waals surface area contributed by atoms with Crippen LogP contribution < -0.4 is 10.5 Å². The number of carbonyl (C=O) groups is 1. The zero-order valence-electron chi connectivity index (χ0n) is 11.3. The van der Waals surface area contributed by atoms with E-state index in [0.717, 1.165) is 11.3 Å². The Morgan fingerprint density at radius 3 is 2.83 bits per heavy atom. The number of ether oxygens (including phenoxy) is 1. The standard InChI is InChI=1S/C14H22N2O2/c1-4-13(15)14(17)16(3)8-9-18-12-7-5-6-11(2)10-12/h5-7,10,13H,4,8-9,15H2,1-3H3. The van der Waals surface area contributed by atoms with Crippen molar-refractivity contribution in [2.75, 3.05) is 20.2 Å². The highest BCUT2D eigenvalue weighted by molar-refractivity contribution is 5.81. The Labute approximate surface area is 109 Å². The normalized spacial score (nSPS) is 12.0. The maximum Gasteiger partial charge on any atom is 0.239 e. The maximum atomic E-state index is 11.7. The number of amides is 1. The average Bonchev–Trinajstić information content (AvgIpc) is 2.36. The quantitative estimate of drug-likeness (QED) is 0.833. The van der Waals surface area contributed by atoms with Crippen LogP contribution in [-0.2, 0) is 4.79 Å². The minimum atomic E-state index is -0.408. The number of benzene rings is 1. The topological polar surface area (TPSA) is 55.6 Å². The highest BCUT2D eigenvalue weighted by Gasteiger charge is 2.15. The minimum absolute atomic E-state index is 0.0367. The van der Waals surface area contributed by atoms with E-state index in [9.17, 15) is 4.79 Å². The van der Waals surface area contributed by atoms with Crippen LogP contribution >= 0.6 is 0 Å². The lowest BCUT2D eigenvalue weighted by molar-refractivity contribution is -0.131. The molecule has 0 saturated carbocycles. The van der Waals surface area contributed by atoms with Crippen LogP contribution in [0.15, 0.2) is 24.3 Å². The molecule has 0 saturated heterocycles. The van der Waals surface area contributed by atoms with Gasteiger partial charge in [-0.2, -0.15) is 0 Å². The summed E-state index contributed by atoms with van der Waals surface area (Å²) in [5.41, 5.74) is 6.85. The van der Waals surface area contributed by atoms with E-state index in [-0.39, 0.29) is 5.91 Å². The molecule has 0 radical (unpaired) electrons. The molecule has 1 aromatic carbocycles. The Hall–Kier alpha value is -1.55. The van der Waals surface area contributed by atoms with Crippen molar-refractivity contribution in [3.05, 3.63) is 29.8 Å². The molecule has 0 aromatic heterocycles. The van der Waals surface area contributed by atoms with Crippen LogP contribution in [0.3, 0.4) is 0 Å². The van der Waals surface area contributed by atoms with Gasteiger partial charge in [-0.3, -0.25) is 4.79 Å². The van der Waals surface area contributed by atoms with E-state index < -0.39 is 6.04 Å². The molecule has 4 heteroatoms. The fraction of sp³-hybridized carbons (Fsp3) is 0.500. The first kappa shape index (κ1) is 14.5. The molecule has 1 aromatic rings. The first-order valence-corrected chi connectivity index (χ1v) is 6.24. The second kappa shape index (κ2) is 7.01. The van der Waals surface area contributed by atoms with E-state index in [0.29, 0.717) is 19.6 Å². The molecule has 0 spiro atoms. The largest absolute Gasteiger partial charge is 0.492 e. The van der Waals surface area contributed by atoms with Gasteiger partial charge >= 0.3 is 0 Å². The van der Waals surface area contributed by atoms with Gasteiger partial charge in [0.2, 0.25) is 5.91 Å². The van der Waals surface area contributed by atoms with Crippen molar-refractivity contribution in [2.45, 2.75) is 26.3 Å². The molecule has 1 rings (SSSR count). The summed E-state index contributed by atoms with van der Waals surface area (Å²) < 4.78 is 5.59. The molecule has 4 nitrogen and oxygen atoms in total. The van der Waals surface area contributed by atoms with Crippen molar-refractivity contribution in [3.63, 3.8) is 0 Å².